The van der Waals surface area contributed by atoms with Crippen LogP contribution in [-0.4, -0.2) is 117 Å². The van der Waals surface area contributed by atoms with Crippen LogP contribution in [0.25, 0.3) is 0 Å². The van der Waals surface area contributed by atoms with Crippen LogP contribution in [0.15, 0.2) is 18.2 Å². The molecule has 0 N–H and O–H groups in total. The SMILES string of the molecule is COCCCOc1cc(C(=O)N(C[C@@H]2CN(C(=O)OC(C)(C)C)C[C@H]2CN(C(=O)[C@H]2CC[C@@H](OC)CC2)C2CC2)C(C)C)ccc1OC. The summed E-state index contributed by atoms with van der Waals surface area (Å²) in [6, 6.07) is 5.43. The largest absolute Gasteiger partial charge is 0.493 e. The quantitative estimate of drug-likeness (QED) is 0.220. The molecule has 48 heavy (non-hydrogen) atoms. The van der Waals surface area contributed by atoms with E-state index < -0.39 is 5.60 Å². The molecule has 3 fully saturated rings. The maximum Gasteiger partial charge on any atom is 0.410 e. The van der Waals surface area contributed by atoms with Crippen LogP contribution in [-0.2, 0) is 19.0 Å². The van der Waals surface area contributed by atoms with Crippen LogP contribution in [0.1, 0.15) is 89.9 Å². The Hall–Kier alpha value is -3.05. The highest BCUT2D eigenvalue weighted by Gasteiger charge is 2.44. The second-order valence-corrected chi connectivity index (χ2v) is 14.9. The third-order valence-corrected chi connectivity index (χ3v) is 9.76. The van der Waals surface area contributed by atoms with Gasteiger partial charge in [0, 0.05) is 88.8 Å². The zero-order valence-corrected chi connectivity index (χ0v) is 30.5. The van der Waals surface area contributed by atoms with E-state index in [1.54, 1.807) is 44.4 Å². The highest BCUT2D eigenvalue weighted by molar-refractivity contribution is 5.95. The summed E-state index contributed by atoms with van der Waals surface area (Å²) in [5, 5.41) is 0. The molecule has 11 nitrogen and oxygen atoms in total. The highest BCUT2D eigenvalue weighted by Crippen LogP contribution is 2.37. The number of hydrogen-bond donors (Lipinski definition) is 0. The molecule has 0 unspecified atom stereocenters. The second kappa shape index (κ2) is 17.1. The zero-order chi connectivity index (χ0) is 35.0. The maximum atomic E-state index is 14.1. The Morgan fingerprint density at radius 1 is 0.896 bits per heavy atom. The predicted molar refractivity (Wildman–Crippen MR) is 183 cm³/mol. The number of hydrogen-bond acceptors (Lipinski definition) is 8. The standard InChI is InChI=1S/C37H59N3O8/c1-25(2)39(35(42)27-12-17-32(46-8)33(20-27)47-19-9-18-44-6)23-28-21-38(36(43)48-37(3,4)5)22-29(28)24-40(30-13-14-30)34(41)26-10-15-31(45-7)16-11-26/h12,17,20,25-26,28-31H,9-11,13-16,18-19,21-24H2,1-8H3/t26-,28-,29-,31+/m0/s1. The van der Waals surface area contributed by atoms with Crippen molar-refractivity contribution in [2.24, 2.45) is 17.8 Å². The van der Waals surface area contributed by atoms with E-state index in [0.29, 0.717) is 62.9 Å². The number of ether oxygens (including phenoxy) is 5. The molecule has 1 aromatic rings. The molecule has 0 bridgehead atoms. The van der Waals surface area contributed by atoms with E-state index in [4.69, 9.17) is 23.7 Å². The zero-order valence-electron chi connectivity index (χ0n) is 30.5. The summed E-state index contributed by atoms with van der Waals surface area (Å²) in [5.41, 5.74) is -0.120. The fraction of sp³-hybridized carbons (Fsp3) is 0.757. The molecule has 11 heteroatoms. The van der Waals surface area contributed by atoms with Crippen molar-refractivity contribution in [3.63, 3.8) is 0 Å². The molecule has 4 rings (SSSR count). The summed E-state index contributed by atoms with van der Waals surface area (Å²) < 4.78 is 27.9. The first-order valence-corrected chi connectivity index (χ1v) is 17.8. The molecule has 2 atom stereocenters. The number of carbonyl (C=O) groups excluding carboxylic acids is 3. The third kappa shape index (κ3) is 10.2. The van der Waals surface area contributed by atoms with Gasteiger partial charge in [0.2, 0.25) is 5.91 Å². The van der Waals surface area contributed by atoms with Crippen molar-refractivity contribution in [3.05, 3.63) is 23.8 Å². The lowest BCUT2D eigenvalue weighted by atomic mass is 9.85. The first kappa shape index (κ1) is 37.8. The van der Waals surface area contributed by atoms with Gasteiger partial charge in [0.25, 0.3) is 5.91 Å². The molecule has 1 aromatic carbocycles. The van der Waals surface area contributed by atoms with Crippen LogP contribution in [0.3, 0.4) is 0 Å². The van der Waals surface area contributed by atoms with Crippen LogP contribution in [0.4, 0.5) is 4.79 Å². The van der Waals surface area contributed by atoms with Crippen LogP contribution in [0, 0.1) is 17.8 Å². The van der Waals surface area contributed by atoms with E-state index >= 15 is 0 Å². The number of benzene rings is 1. The molecular weight excluding hydrogens is 614 g/mol. The third-order valence-electron chi connectivity index (χ3n) is 9.76. The van der Waals surface area contributed by atoms with Gasteiger partial charge in [-0.3, -0.25) is 9.59 Å². The Labute approximate surface area is 287 Å². The number of rotatable bonds is 15. The minimum absolute atomic E-state index is 0.00183. The minimum atomic E-state index is -0.626. The molecule has 270 valence electrons. The monoisotopic (exact) mass is 673 g/mol. The lowest BCUT2D eigenvalue weighted by Gasteiger charge is -2.35. The summed E-state index contributed by atoms with van der Waals surface area (Å²) >= 11 is 0. The molecule has 3 amide bonds. The van der Waals surface area contributed by atoms with Gasteiger partial charge in [-0.1, -0.05) is 0 Å². The predicted octanol–water partition coefficient (Wildman–Crippen LogP) is 5.64. The summed E-state index contributed by atoms with van der Waals surface area (Å²) in [7, 11) is 4.98. The molecule has 0 spiro atoms. The van der Waals surface area contributed by atoms with Gasteiger partial charge in [0.05, 0.1) is 19.8 Å². The molecule has 1 heterocycles. The van der Waals surface area contributed by atoms with E-state index in [0.717, 1.165) is 38.5 Å². The Morgan fingerprint density at radius 3 is 2.12 bits per heavy atom. The molecule has 1 saturated heterocycles. The van der Waals surface area contributed by atoms with E-state index in [2.05, 4.69) is 4.90 Å². The van der Waals surface area contributed by atoms with Crippen molar-refractivity contribution in [2.75, 3.05) is 60.7 Å². The average molecular weight is 674 g/mol. The van der Waals surface area contributed by atoms with Crippen molar-refractivity contribution >= 4 is 17.9 Å². The Bertz CT molecular complexity index is 1220. The van der Waals surface area contributed by atoms with Gasteiger partial charge in [0.15, 0.2) is 11.5 Å². The second-order valence-electron chi connectivity index (χ2n) is 14.9. The maximum absolute atomic E-state index is 14.1. The average Bonchev–Trinajstić information content (AvgIpc) is 3.82. The van der Waals surface area contributed by atoms with E-state index in [1.165, 1.54) is 0 Å². The van der Waals surface area contributed by atoms with E-state index in [1.807, 2.05) is 39.5 Å². The Morgan fingerprint density at radius 2 is 1.56 bits per heavy atom. The first-order valence-electron chi connectivity index (χ1n) is 17.8. The number of nitrogens with zero attached hydrogens (tertiary/aromatic N) is 3. The first-order chi connectivity index (χ1) is 22.8. The van der Waals surface area contributed by atoms with Crippen molar-refractivity contribution < 1.29 is 38.1 Å². The topological polar surface area (TPSA) is 107 Å². The summed E-state index contributed by atoms with van der Waals surface area (Å²) in [6.07, 6.45) is 6.09. The van der Waals surface area contributed by atoms with Crippen molar-refractivity contribution in [3.8, 4) is 11.5 Å². The lowest BCUT2D eigenvalue weighted by molar-refractivity contribution is -0.138. The highest BCUT2D eigenvalue weighted by atomic mass is 16.6. The van der Waals surface area contributed by atoms with Gasteiger partial charge in [0.1, 0.15) is 5.60 Å². The smallest absolute Gasteiger partial charge is 0.410 e. The fourth-order valence-electron chi connectivity index (χ4n) is 6.92. The molecule has 0 radical (unpaired) electrons. The number of amides is 3. The molecule has 3 aliphatic rings. The van der Waals surface area contributed by atoms with Crippen LogP contribution < -0.4 is 9.47 Å². The van der Waals surface area contributed by atoms with Crippen LogP contribution in [0.2, 0.25) is 0 Å². The fourth-order valence-corrected chi connectivity index (χ4v) is 6.92. The number of carbonyl (C=O) groups is 3. The number of likely N-dealkylation sites (tertiary alicyclic amines) is 1. The van der Waals surface area contributed by atoms with Gasteiger partial charge in [-0.25, -0.2) is 4.79 Å². The van der Waals surface area contributed by atoms with E-state index in [-0.39, 0.29) is 53.8 Å². The normalized spacial score (nSPS) is 22.8. The van der Waals surface area contributed by atoms with Gasteiger partial charge in [-0.05, 0) is 91.3 Å². The summed E-state index contributed by atoms with van der Waals surface area (Å²) in [4.78, 5) is 47.2. The number of methoxy groups -OCH3 is 3. The van der Waals surface area contributed by atoms with Crippen LogP contribution >= 0.6 is 0 Å². The summed E-state index contributed by atoms with van der Waals surface area (Å²) in [6.45, 7) is 12.6. The summed E-state index contributed by atoms with van der Waals surface area (Å²) in [5.74, 6) is 1.16. The van der Waals surface area contributed by atoms with Gasteiger partial charge in [-0.2, -0.15) is 0 Å². The Balaban J connectivity index is 1.54. The Kier molecular flexibility index (Phi) is 13.4. The minimum Gasteiger partial charge on any atom is -0.493 e. The van der Waals surface area contributed by atoms with Gasteiger partial charge in [-0.15, -0.1) is 0 Å². The van der Waals surface area contributed by atoms with Crippen molar-refractivity contribution in [1.82, 2.24) is 14.7 Å². The van der Waals surface area contributed by atoms with Crippen molar-refractivity contribution in [1.29, 1.82) is 0 Å². The molecule has 0 aromatic heterocycles. The molecule has 2 saturated carbocycles. The lowest BCUT2D eigenvalue weighted by Crippen LogP contribution is -2.46. The van der Waals surface area contributed by atoms with Crippen molar-refractivity contribution in [2.45, 2.75) is 103 Å². The molecule has 1 aliphatic heterocycles. The van der Waals surface area contributed by atoms with Gasteiger partial charge >= 0.3 is 6.09 Å². The van der Waals surface area contributed by atoms with E-state index in [9.17, 15) is 14.4 Å². The van der Waals surface area contributed by atoms with Crippen LogP contribution in [0.5, 0.6) is 11.5 Å². The molecule has 2 aliphatic carbocycles. The van der Waals surface area contributed by atoms with Gasteiger partial charge < -0.3 is 38.4 Å². The molecular formula is C37H59N3O8.